The molecule has 2 aromatic carbocycles. The summed E-state index contributed by atoms with van der Waals surface area (Å²) in [5, 5.41) is 2.66. The average Bonchev–Trinajstić information content (AvgIpc) is 2.83. The van der Waals surface area contributed by atoms with Crippen molar-refractivity contribution < 1.29 is 18.7 Å². The van der Waals surface area contributed by atoms with Crippen molar-refractivity contribution in [3.63, 3.8) is 0 Å². The van der Waals surface area contributed by atoms with Gasteiger partial charge < -0.3 is 10.1 Å². The van der Waals surface area contributed by atoms with E-state index in [4.69, 9.17) is 4.74 Å². The largest absolute Gasteiger partial charge is 0.444 e. The number of ether oxygens (including phenoxy) is 1. The molecule has 0 aliphatic carbocycles. The third kappa shape index (κ3) is 3.86. The molecule has 2 bridgehead atoms. The average molecular weight is 438 g/mol. The van der Waals surface area contributed by atoms with E-state index in [0.717, 1.165) is 49.2 Å². The van der Waals surface area contributed by atoms with Crippen molar-refractivity contribution in [3.8, 4) is 0 Å². The normalized spacial score (nSPS) is 26.4. The smallest absolute Gasteiger partial charge is 0.410 e. The number of carbonyl (C=O) groups is 2. The molecule has 0 radical (unpaired) electrons. The fraction of sp³-hybridized carbons (Fsp3) is 0.440. The van der Waals surface area contributed by atoms with Crippen LogP contribution in [0.1, 0.15) is 45.9 Å². The summed E-state index contributed by atoms with van der Waals surface area (Å²) < 4.78 is 19.7. The van der Waals surface area contributed by atoms with Gasteiger partial charge in [0.2, 0.25) is 0 Å². The lowest BCUT2D eigenvalue weighted by Gasteiger charge is -2.45. The van der Waals surface area contributed by atoms with Crippen LogP contribution in [0.3, 0.4) is 0 Å². The van der Waals surface area contributed by atoms with Crippen LogP contribution in [0.2, 0.25) is 0 Å². The van der Waals surface area contributed by atoms with Crippen LogP contribution in [0, 0.1) is 11.7 Å². The molecule has 3 fully saturated rings. The fourth-order valence-corrected chi connectivity index (χ4v) is 5.34. The van der Waals surface area contributed by atoms with Crippen molar-refractivity contribution in [2.24, 2.45) is 5.92 Å². The summed E-state index contributed by atoms with van der Waals surface area (Å²) in [4.78, 5) is 29.8. The van der Waals surface area contributed by atoms with Crippen LogP contribution in [0.4, 0.5) is 9.18 Å². The fourth-order valence-electron chi connectivity index (χ4n) is 5.34. The summed E-state index contributed by atoms with van der Waals surface area (Å²) in [6, 6.07) is 11.4. The molecule has 1 N–H and O–H groups in total. The summed E-state index contributed by atoms with van der Waals surface area (Å²) >= 11 is 0. The molecule has 2 atom stereocenters. The van der Waals surface area contributed by atoms with E-state index in [2.05, 4.69) is 10.2 Å². The number of halogens is 1. The molecule has 2 amide bonds. The third-order valence-electron chi connectivity index (χ3n) is 7.13. The molecule has 4 aliphatic heterocycles. The van der Waals surface area contributed by atoms with Gasteiger partial charge in [-0.15, -0.1) is 0 Å². The maximum Gasteiger partial charge on any atom is 0.410 e. The van der Waals surface area contributed by atoms with Gasteiger partial charge in [-0.1, -0.05) is 18.2 Å². The number of benzene rings is 2. The van der Waals surface area contributed by atoms with Gasteiger partial charge in [-0.2, -0.15) is 0 Å². The molecule has 0 spiro atoms. The molecule has 0 aromatic heterocycles. The van der Waals surface area contributed by atoms with E-state index in [0.29, 0.717) is 24.4 Å². The molecular weight excluding hydrogens is 409 g/mol. The van der Waals surface area contributed by atoms with E-state index in [1.165, 1.54) is 12.1 Å². The highest BCUT2D eigenvalue weighted by Crippen LogP contribution is 2.37. The van der Waals surface area contributed by atoms with Crippen molar-refractivity contribution in [2.75, 3.05) is 33.2 Å². The molecule has 6 rings (SSSR count). The molecule has 7 heteroatoms. The van der Waals surface area contributed by atoms with Crippen LogP contribution in [0.5, 0.6) is 0 Å². The Balaban J connectivity index is 1.48. The Bertz CT molecular complexity index is 1020. The van der Waals surface area contributed by atoms with Crippen molar-refractivity contribution in [1.82, 2.24) is 15.1 Å². The third-order valence-corrected chi connectivity index (χ3v) is 7.13. The zero-order valence-corrected chi connectivity index (χ0v) is 18.2. The predicted octanol–water partition coefficient (Wildman–Crippen LogP) is 3.36. The van der Waals surface area contributed by atoms with E-state index in [9.17, 15) is 14.0 Å². The molecule has 0 saturated carbocycles. The Morgan fingerprint density at radius 1 is 1.06 bits per heavy atom. The number of hydrogen-bond donors (Lipinski definition) is 1. The molecule has 3 saturated heterocycles. The van der Waals surface area contributed by atoms with Gasteiger partial charge in [-0.3, -0.25) is 14.6 Å². The first-order chi connectivity index (χ1) is 15.5. The second-order valence-electron chi connectivity index (χ2n) is 8.95. The van der Waals surface area contributed by atoms with Crippen LogP contribution in [0.25, 0.3) is 0 Å². The van der Waals surface area contributed by atoms with Crippen molar-refractivity contribution >= 4 is 12.0 Å². The van der Waals surface area contributed by atoms with Gasteiger partial charge in [0, 0.05) is 25.7 Å². The Morgan fingerprint density at radius 3 is 2.47 bits per heavy atom. The number of carbonyl (C=O) groups excluding carboxylic acids is 2. The Labute approximate surface area is 187 Å². The highest BCUT2D eigenvalue weighted by Gasteiger charge is 2.39. The quantitative estimate of drug-likeness (QED) is 0.800. The van der Waals surface area contributed by atoms with E-state index < -0.39 is 6.04 Å². The molecule has 6 nitrogen and oxygen atoms in total. The summed E-state index contributed by atoms with van der Waals surface area (Å²) in [5.74, 6) is -0.0897. The number of amides is 2. The first kappa shape index (κ1) is 20.9. The van der Waals surface area contributed by atoms with E-state index in [-0.39, 0.29) is 23.9 Å². The van der Waals surface area contributed by atoms with Gasteiger partial charge in [0.1, 0.15) is 11.9 Å². The molecule has 0 unspecified atom stereocenters. The number of nitrogens with zero attached hydrogens (tertiary/aromatic N) is 2. The second-order valence-corrected chi connectivity index (χ2v) is 8.95. The lowest BCUT2D eigenvalue weighted by atomic mass is 9.85. The highest BCUT2D eigenvalue weighted by molar-refractivity contribution is 5.94. The summed E-state index contributed by atoms with van der Waals surface area (Å²) in [6.45, 7) is 3.46. The van der Waals surface area contributed by atoms with Crippen LogP contribution < -0.4 is 5.32 Å². The van der Waals surface area contributed by atoms with Gasteiger partial charge in [0.05, 0.1) is 6.04 Å². The van der Waals surface area contributed by atoms with Crippen LogP contribution in [-0.2, 0) is 11.2 Å². The number of rotatable bonds is 3. The summed E-state index contributed by atoms with van der Waals surface area (Å²) in [6.07, 6.45) is 2.39. The number of piperidine rings is 3. The van der Waals surface area contributed by atoms with Crippen molar-refractivity contribution in [1.29, 1.82) is 0 Å². The first-order valence-corrected chi connectivity index (χ1v) is 11.3. The molecule has 32 heavy (non-hydrogen) atoms. The van der Waals surface area contributed by atoms with Gasteiger partial charge in [0.15, 0.2) is 0 Å². The molecular formula is C25H28FN3O3. The Kier molecular flexibility index (Phi) is 5.59. The summed E-state index contributed by atoms with van der Waals surface area (Å²) in [5.41, 5.74) is 3.30. The van der Waals surface area contributed by atoms with E-state index in [1.807, 2.05) is 12.1 Å². The summed E-state index contributed by atoms with van der Waals surface area (Å²) in [7, 11) is 1.59. The predicted molar refractivity (Wildman–Crippen MR) is 118 cm³/mol. The highest BCUT2D eigenvalue weighted by atomic mass is 19.1. The standard InChI is InChI=1S/C25H28FN3O3/c1-27-24(30)19-3-2-16-10-13-29(23(21(16)14-19)18-4-6-20(26)7-5-18)25(31)32-22-15-28-11-8-17(22)9-12-28/h2-7,14,17,22-23H,8-13,15H2,1H3,(H,27,30)/t22-,23+/m1/s1. The molecule has 4 heterocycles. The Hall–Kier alpha value is -2.93. The first-order valence-electron chi connectivity index (χ1n) is 11.3. The minimum absolute atomic E-state index is 0.0857. The minimum Gasteiger partial charge on any atom is -0.444 e. The molecule has 4 aliphatic rings. The minimum atomic E-state index is -0.433. The SMILES string of the molecule is CNC(=O)c1ccc2c(c1)[C@H](c1ccc(F)cc1)N(C(=O)O[C@@H]1CN3CCC1CC3)CC2. The molecule has 168 valence electrons. The van der Waals surface area contributed by atoms with Crippen LogP contribution in [-0.4, -0.2) is 61.1 Å². The van der Waals surface area contributed by atoms with Gasteiger partial charge >= 0.3 is 6.09 Å². The maximum atomic E-state index is 13.7. The van der Waals surface area contributed by atoms with Gasteiger partial charge in [-0.05, 0) is 79.2 Å². The zero-order valence-electron chi connectivity index (χ0n) is 18.2. The number of fused-ring (bicyclic) bond motifs is 4. The number of nitrogens with one attached hydrogen (secondary N) is 1. The van der Waals surface area contributed by atoms with Gasteiger partial charge in [0.25, 0.3) is 5.91 Å². The van der Waals surface area contributed by atoms with Crippen molar-refractivity contribution in [2.45, 2.75) is 31.4 Å². The van der Waals surface area contributed by atoms with Crippen LogP contribution >= 0.6 is 0 Å². The zero-order chi connectivity index (χ0) is 22.2. The number of hydrogen-bond acceptors (Lipinski definition) is 4. The van der Waals surface area contributed by atoms with Gasteiger partial charge in [-0.25, -0.2) is 9.18 Å². The molecule has 2 aromatic rings. The lowest BCUT2D eigenvalue weighted by molar-refractivity contribution is -0.0462. The maximum absolute atomic E-state index is 13.7. The topological polar surface area (TPSA) is 61.9 Å². The Morgan fingerprint density at radius 2 is 1.81 bits per heavy atom. The van der Waals surface area contributed by atoms with E-state index >= 15 is 0 Å². The second kappa shape index (κ2) is 8.54. The monoisotopic (exact) mass is 437 g/mol. The lowest BCUT2D eigenvalue weighted by Crippen LogP contribution is -2.53. The van der Waals surface area contributed by atoms with E-state index in [1.54, 1.807) is 30.1 Å². The van der Waals surface area contributed by atoms with Crippen molar-refractivity contribution in [3.05, 3.63) is 70.5 Å². The van der Waals surface area contributed by atoms with Crippen LogP contribution in [0.15, 0.2) is 42.5 Å².